The third kappa shape index (κ3) is 5.06. The fourth-order valence-corrected chi connectivity index (χ4v) is 4.24. The Morgan fingerprint density at radius 3 is 2.52 bits per heavy atom. The van der Waals surface area contributed by atoms with Crippen LogP contribution in [-0.2, 0) is 20.7 Å². The Hall–Kier alpha value is -2.90. The highest BCUT2D eigenvalue weighted by atomic mass is 16.5. The lowest BCUT2D eigenvalue weighted by Gasteiger charge is -2.35. The normalized spacial score (nSPS) is 17.2. The number of morpholine rings is 1. The van der Waals surface area contributed by atoms with Crippen molar-refractivity contribution < 1.29 is 14.3 Å². The molecule has 1 saturated heterocycles. The average molecular weight is 423 g/mol. The summed E-state index contributed by atoms with van der Waals surface area (Å²) in [5, 5.41) is 5.50. The molecular weight excluding hydrogens is 392 g/mol. The third-order valence-corrected chi connectivity index (χ3v) is 6.07. The predicted molar refractivity (Wildman–Crippen MR) is 121 cm³/mol. The number of likely N-dealkylation sites (N-methyl/N-ethyl adjacent to an activating group) is 1. The van der Waals surface area contributed by atoms with Gasteiger partial charge < -0.3 is 20.3 Å². The molecule has 0 saturated carbocycles. The molecule has 2 N–H and O–H groups in total. The number of hydrogen-bond acceptors (Lipinski definition) is 5. The van der Waals surface area contributed by atoms with Crippen LogP contribution in [-0.4, -0.2) is 63.2 Å². The zero-order valence-corrected chi connectivity index (χ0v) is 18.2. The smallest absolute Gasteiger partial charge is 0.313 e. The maximum absolute atomic E-state index is 12.5. The fourth-order valence-electron chi connectivity index (χ4n) is 4.24. The summed E-state index contributed by atoms with van der Waals surface area (Å²) in [6, 6.07) is 13.9. The molecular formula is C24H30N4O3. The minimum absolute atomic E-state index is 0.00349. The van der Waals surface area contributed by atoms with E-state index in [0.717, 1.165) is 37.2 Å². The summed E-state index contributed by atoms with van der Waals surface area (Å²) in [6.45, 7) is 6.31. The molecule has 31 heavy (non-hydrogen) atoms. The van der Waals surface area contributed by atoms with Gasteiger partial charge in [-0.3, -0.25) is 14.5 Å². The SMILES string of the molecule is Cc1ccc(NC(=O)C(=O)NC[C@@H](c2ccc3c(c2)CCN3C)N2CCOCC2)cc1. The van der Waals surface area contributed by atoms with Crippen LogP contribution < -0.4 is 15.5 Å². The molecule has 0 spiro atoms. The van der Waals surface area contributed by atoms with E-state index in [1.807, 2.05) is 19.1 Å². The standard InChI is InChI=1S/C24H30N4O3/c1-17-3-6-20(7-4-17)26-24(30)23(29)25-16-22(28-11-13-31-14-12-28)18-5-8-21-19(15-18)9-10-27(21)2/h3-8,15,22H,9-14,16H2,1-2H3,(H,25,29)(H,26,30)/t22-/m0/s1. The first-order chi connectivity index (χ1) is 15.0. The highest BCUT2D eigenvalue weighted by molar-refractivity contribution is 6.39. The minimum atomic E-state index is -0.653. The predicted octanol–water partition coefficient (Wildman–Crippen LogP) is 2.12. The summed E-state index contributed by atoms with van der Waals surface area (Å²) in [4.78, 5) is 29.4. The van der Waals surface area contributed by atoms with Crippen molar-refractivity contribution in [3.05, 3.63) is 59.2 Å². The molecule has 2 heterocycles. The Kier molecular flexibility index (Phi) is 6.53. The molecule has 0 unspecified atom stereocenters. The zero-order valence-electron chi connectivity index (χ0n) is 18.2. The molecule has 2 aromatic rings. The van der Waals surface area contributed by atoms with Gasteiger partial charge in [0.15, 0.2) is 0 Å². The van der Waals surface area contributed by atoms with E-state index in [1.54, 1.807) is 12.1 Å². The van der Waals surface area contributed by atoms with Gasteiger partial charge in [-0.2, -0.15) is 0 Å². The van der Waals surface area contributed by atoms with E-state index < -0.39 is 11.8 Å². The number of rotatable bonds is 5. The number of carbonyl (C=O) groups is 2. The van der Waals surface area contributed by atoms with Crippen LogP contribution in [0.2, 0.25) is 0 Å². The van der Waals surface area contributed by atoms with Crippen molar-refractivity contribution in [1.82, 2.24) is 10.2 Å². The van der Waals surface area contributed by atoms with Crippen molar-refractivity contribution in [3.8, 4) is 0 Å². The number of benzene rings is 2. The number of anilines is 2. The Morgan fingerprint density at radius 1 is 1.03 bits per heavy atom. The van der Waals surface area contributed by atoms with Crippen LogP contribution in [0.4, 0.5) is 11.4 Å². The molecule has 0 radical (unpaired) electrons. The number of carbonyl (C=O) groups excluding carboxylic acids is 2. The molecule has 1 atom stereocenters. The quantitative estimate of drug-likeness (QED) is 0.722. The van der Waals surface area contributed by atoms with Crippen molar-refractivity contribution in [3.63, 3.8) is 0 Å². The Morgan fingerprint density at radius 2 is 1.77 bits per heavy atom. The molecule has 7 heteroatoms. The van der Waals surface area contributed by atoms with Gasteiger partial charge in [-0.15, -0.1) is 0 Å². The first kappa shape index (κ1) is 21.3. The number of ether oxygens (including phenoxy) is 1. The van der Waals surface area contributed by atoms with Gasteiger partial charge in [0.1, 0.15) is 0 Å². The van der Waals surface area contributed by atoms with Gasteiger partial charge in [0.25, 0.3) is 0 Å². The summed E-state index contributed by atoms with van der Waals surface area (Å²) in [5.74, 6) is -1.28. The van der Waals surface area contributed by atoms with Crippen molar-refractivity contribution >= 4 is 23.2 Å². The van der Waals surface area contributed by atoms with Crippen molar-refractivity contribution in [2.45, 2.75) is 19.4 Å². The van der Waals surface area contributed by atoms with E-state index in [0.29, 0.717) is 25.4 Å². The molecule has 164 valence electrons. The first-order valence-electron chi connectivity index (χ1n) is 10.8. The summed E-state index contributed by atoms with van der Waals surface area (Å²) < 4.78 is 5.51. The third-order valence-electron chi connectivity index (χ3n) is 6.07. The van der Waals surface area contributed by atoms with Crippen LogP contribution >= 0.6 is 0 Å². The van der Waals surface area contributed by atoms with Crippen molar-refractivity contribution in [2.24, 2.45) is 0 Å². The first-order valence-corrected chi connectivity index (χ1v) is 10.8. The van der Waals surface area contributed by atoms with E-state index in [-0.39, 0.29) is 6.04 Å². The second-order valence-corrected chi connectivity index (χ2v) is 8.25. The van der Waals surface area contributed by atoms with Gasteiger partial charge >= 0.3 is 11.8 Å². The topological polar surface area (TPSA) is 73.9 Å². The largest absolute Gasteiger partial charge is 0.379 e. The van der Waals surface area contributed by atoms with E-state index >= 15 is 0 Å². The number of amides is 2. The van der Waals surface area contributed by atoms with Crippen LogP contribution in [0.3, 0.4) is 0 Å². The monoisotopic (exact) mass is 422 g/mol. The molecule has 2 amide bonds. The van der Waals surface area contributed by atoms with Crippen LogP contribution in [0.15, 0.2) is 42.5 Å². The lowest BCUT2D eigenvalue weighted by atomic mass is 10.0. The van der Waals surface area contributed by atoms with Gasteiger partial charge in [0.2, 0.25) is 0 Å². The van der Waals surface area contributed by atoms with Crippen LogP contribution in [0.1, 0.15) is 22.7 Å². The van der Waals surface area contributed by atoms with Crippen LogP contribution in [0, 0.1) is 6.92 Å². The van der Waals surface area contributed by atoms with Gasteiger partial charge in [0.05, 0.1) is 19.3 Å². The maximum atomic E-state index is 12.5. The number of fused-ring (bicyclic) bond motifs is 1. The lowest BCUT2D eigenvalue weighted by molar-refractivity contribution is -0.136. The van der Waals surface area contributed by atoms with Gasteiger partial charge in [0, 0.05) is 44.6 Å². The van der Waals surface area contributed by atoms with E-state index in [2.05, 4.69) is 45.7 Å². The van der Waals surface area contributed by atoms with Gasteiger partial charge in [-0.05, 0) is 42.7 Å². The van der Waals surface area contributed by atoms with Crippen LogP contribution in [0.5, 0.6) is 0 Å². The van der Waals surface area contributed by atoms with Gasteiger partial charge in [-0.25, -0.2) is 0 Å². The average Bonchev–Trinajstić information content (AvgIpc) is 3.16. The summed E-state index contributed by atoms with van der Waals surface area (Å²) in [5.41, 5.74) is 5.47. The van der Waals surface area contributed by atoms with Crippen molar-refractivity contribution in [1.29, 1.82) is 0 Å². The summed E-state index contributed by atoms with van der Waals surface area (Å²) in [6.07, 6.45) is 1.03. The minimum Gasteiger partial charge on any atom is -0.379 e. The maximum Gasteiger partial charge on any atom is 0.313 e. The van der Waals surface area contributed by atoms with Gasteiger partial charge in [-0.1, -0.05) is 29.8 Å². The van der Waals surface area contributed by atoms with E-state index in [9.17, 15) is 9.59 Å². The lowest BCUT2D eigenvalue weighted by Crippen LogP contribution is -2.45. The summed E-state index contributed by atoms with van der Waals surface area (Å²) in [7, 11) is 2.11. The number of hydrogen-bond donors (Lipinski definition) is 2. The molecule has 0 aromatic heterocycles. The number of aryl methyl sites for hydroxylation is 1. The van der Waals surface area contributed by atoms with Crippen molar-refractivity contribution in [2.75, 3.05) is 56.7 Å². The molecule has 2 aliphatic heterocycles. The Labute approximate surface area is 183 Å². The molecule has 2 aromatic carbocycles. The highest BCUT2D eigenvalue weighted by Gasteiger charge is 2.26. The molecule has 7 nitrogen and oxygen atoms in total. The number of nitrogens with zero attached hydrogens (tertiary/aromatic N) is 2. The highest BCUT2D eigenvalue weighted by Crippen LogP contribution is 2.31. The molecule has 0 aliphatic carbocycles. The fraction of sp³-hybridized carbons (Fsp3) is 0.417. The Bertz CT molecular complexity index is 938. The molecule has 0 bridgehead atoms. The molecule has 4 rings (SSSR count). The molecule has 2 aliphatic rings. The van der Waals surface area contributed by atoms with E-state index in [4.69, 9.17) is 4.74 Å². The number of nitrogens with one attached hydrogen (secondary N) is 2. The Balaban J connectivity index is 1.44. The van der Waals surface area contributed by atoms with E-state index in [1.165, 1.54) is 11.3 Å². The summed E-state index contributed by atoms with van der Waals surface area (Å²) >= 11 is 0. The van der Waals surface area contributed by atoms with Crippen LogP contribution in [0.25, 0.3) is 0 Å². The second-order valence-electron chi connectivity index (χ2n) is 8.25. The molecule has 1 fully saturated rings. The second kappa shape index (κ2) is 9.49. The zero-order chi connectivity index (χ0) is 21.8.